The summed E-state index contributed by atoms with van der Waals surface area (Å²) in [6.07, 6.45) is 2.55. The van der Waals surface area contributed by atoms with Crippen LogP contribution in [-0.4, -0.2) is 15.5 Å². The van der Waals surface area contributed by atoms with Crippen LogP contribution in [0.4, 0.5) is 8.78 Å². The monoisotopic (exact) mass is 320 g/mol. The molecule has 1 aliphatic carbocycles. The molecule has 0 aromatic carbocycles. The Morgan fingerprint density at radius 3 is 3.00 bits per heavy atom. The zero-order chi connectivity index (χ0) is 13.3. The van der Waals surface area contributed by atoms with E-state index in [0.717, 1.165) is 6.42 Å². The summed E-state index contributed by atoms with van der Waals surface area (Å²) < 4.78 is 28.5. The normalized spacial score (nSPS) is 23.0. The lowest BCUT2D eigenvalue weighted by molar-refractivity contribution is -0.0550. The molecule has 1 saturated carbocycles. The number of hydrogen-bond acceptors (Lipinski definition) is 2. The van der Waals surface area contributed by atoms with Gasteiger partial charge in [-0.1, -0.05) is 0 Å². The zero-order valence-corrected chi connectivity index (χ0v) is 11.7. The first-order valence-corrected chi connectivity index (χ1v) is 6.78. The van der Waals surface area contributed by atoms with E-state index < -0.39 is 5.92 Å². The zero-order valence-electron chi connectivity index (χ0n) is 10.1. The molecule has 0 spiro atoms. The standard InChI is InChI=1S/C12H15BrF2N2O/c1-8-16-6-10(13)11(18)17(8)7-9-3-2-4-12(14,15)5-9/h6,9H,2-5,7H2,1H3. The van der Waals surface area contributed by atoms with Gasteiger partial charge in [0, 0.05) is 25.6 Å². The van der Waals surface area contributed by atoms with Gasteiger partial charge in [-0.3, -0.25) is 9.36 Å². The Morgan fingerprint density at radius 2 is 2.33 bits per heavy atom. The number of aryl methyl sites for hydroxylation is 1. The van der Waals surface area contributed by atoms with Gasteiger partial charge in [0.15, 0.2) is 0 Å². The van der Waals surface area contributed by atoms with Crippen LogP contribution in [0.2, 0.25) is 0 Å². The molecule has 18 heavy (non-hydrogen) atoms. The lowest BCUT2D eigenvalue weighted by Crippen LogP contribution is -2.33. The van der Waals surface area contributed by atoms with Crippen molar-refractivity contribution >= 4 is 15.9 Å². The molecule has 1 fully saturated rings. The van der Waals surface area contributed by atoms with Crippen LogP contribution < -0.4 is 5.56 Å². The molecule has 1 aromatic rings. The Bertz CT molecular complexity index is 501. The molecular formula is C12H15BrF2N2O. The van der Waals surface area contributed by atoms with Crippen LogP contribution in [0.3, 0.4) is 0 Å². The summed E-state index contributed by atoms with van der Waals surface area (Å²) in [5, 5.41) is 0. The Labute approximate surface area is 112 Å². The van der Waals surface area contributed by atoms with Crippen molar-refractivity contribution < 1.29 is 8.78 Å². The van der Waals surface area contributed by atoms with Gasteiger partial charge in [-0.25, -0.2) is 13.8 Å². The van der Waals surface area contributed by atoms with Crippen LogP contribution in [0.1, 0.15) is 31.5 Å². The fraction of sp³-hybridized carbons (Fsp3) is 0.667. The van der Waals surface area contributed by atoms with Gasteiger partial charge in [0.05, 0.1) is 0 Å². The molecule has 2 rings (SSSR count). The SMILES string of the molecule is Cc1ncc(Br)c(=O)n1CC1CCCC(F)(F)C1. The minimum absolute atomic E-state index is 0.0336. The van der Waals surface area contributed by atoms with Crippen molar-refractivity contribution in [3.63, 3.8) is 0 Å². The largest absolute Gasteiger partial charge is 0.296 e. The summed E-state index contributed by atoms with van der Waals surface area (Å²) in [6, 6.07) is 0. The van der Waals surface area contributed by atoms with E-state index in [0.29, 0.717) is 23.3 Å². The summed E-state index contributed by atoms with van der Waals surface area (Å²) >= 11 is 3.12. The number of halogens is 3. The Kier molecular flexibility index (Phi) is 3.84. The third-order valence-electron chi connectivity index (χ3n) is 3.39. The molecular weight excluding hydrogens is 306 g/mol. The summed E-state index contributed by atoms with van der Waals surface area (Å²) in [5.41, 5.74) is -0.198. The maximum absolute atomic E-state index is 13.3. The van der Waals surface area contributed by atoms with Crippen molar-refractivity contribution in [3.8, 4) is 0 Å². The van der Waals surface area contributed by atoms with E-state index in [1.54, 1.807) is 6.92 Å². The van der Waals surface area contributed by atoms with E-state index in [9.17, 15) is 13.6 Å². The van der Waals surface area contributed by atoms with Crippen LogP contribution in [0.5, 0.6) is 0 Å². The molecule has 100 valence electrons. The Balaban J connectivity index is 2.19. The molecule has 1 unspecified atom stereocenters. The Morgan fingerprint density at radius 1 is 1.61 bits per heavy atom. The number of nitrogens with zero attached hydrogens (tertiary/aromatic N) is 2. The molecule has 0 bridgehead atoms. The van der Waals surface area contributed by atoms with Crippen LogP contribution >= 0.6 is 15.9 Å². The maximum Gasteiger partial charge on any atom is 0.267 e. The molecule has 1 heterocycles. The van der Waals surface area contributed by atoms with Gasteiger partial charge < -0.3 is 0 Å². The van der Waals surface area contributed by atoms with E-state index in [2.05, 4.69) is 20.9 Å². The van der Waals surface area contributed by atoms with Crippen LogP contribution in [0, 0.1) is 12.8 Å². The third-order valence-corrected chi connectivity index (χ3v) is 3.93. The molecule has 0 saturated heterocycles. The highest BCUT2D eigenvalue weighted by Gasteiger charge is 2.36. The van der Waals surface area contributed by atoms with Crippen molar-refractivity contribution in [2.45, 2.75) is 45.1 Å². The first-order valence-electron chi connectivity index (χ1n) is 5.99. The second-order valence-corrected chi connectivity index (χ2v) is 5.74. The second kappa shape index (κ2) is 5.07. The molecule has 6 heteroatoms. The summed E-state index contributed by atoms with van der Waals surface area (Å²) in [5.74, 6) is -2.17. The fourth-order valence-corrected chi connectivity index (χ4v) is 2.77. The minimum atomic E-state index is -2.58. The lowest BCUT2D eigenvalue weighted by atomic mass is 9.86. The lowest BCUT2D eigenvalue weighted by Gasteiger charge is -2.29. The number of alkyl halides is 2. The summed E-state index contributed by atoms with van der Waals surface area (Å²) in [7, 11) is 0. The molecule has 0 amide bonds. The predicted octanol–water partition coefficient (Wildman–Crippen LogP) is 3.14. The first kappa shape index (κ1) is 13.6. The number of aromatic nitrogens is 2. The van der Waals surface area contributed by atoms with E-state index in [4.69, 9.17) is 0 Å². The molecule has 0 radical (unpaired) electrons. The van der Waals surface area contributed by atoms with Crippen molar-refractivity contribution in [1.82, 2.24) is 9.55 Å². The van der Waals surface area contributed by atoms with Gasteiger partial charge >= 0.3 is 0 Å². The molecule has 1 aliphatic rings. The van der Waals surface area contributed by atoms with Gasteiger partial charge in [0.1, 0.15) is 10.3 Å². The number of rotatable bonds is 2. The van der Waals surface area contributed by atoms with E-state index >= 15 is 0 Å². The van der Waals surface area contributed by atoms with Crippen LogP contribution in [0.25, 0.3) is 0 Å². The average Bonchev–Trinajstić information content (AvgIpc) is 2.28. The first-order chi connectivity index (χ1) is 8.39. The highest BCUT2D eigenvalue weighted by atomic mass is 79.9. The van der Waals surface area contributed by atoms with Gasteiger partial charge in [-0.15, -0.1) is 0 Å². The van der Waals surface area contributed by atoms with Crippen molar-refractivity contribution in [2.24, 2.45) is 5.92 Å². The van der Waals surface area contributed by atoms with Crippen molar-refractivity contribution in [2.75, 3.05) is 0 Å². The third kappa shape index (κ3) is 2.96. The maximum atomic E-state index is 13.3. The topological polar surface area (TPSA) is 34.9 Å². The van der Waals surface area contributed by atoms with Gasteiger partial charge in [-0.05, 0) is 41.6 Å². The van der Waals surface area contributed by atoms with Crippen molar-refractivity contribution in [3.05, 3.63) is 26.8 Å². The highest BCUT2D eigenvalue weighted by Crippen LogP contribution is 2.37. The van der Waals surface area contributed by atoms with Crippen LogP contribution in [0.15, 0.2) is 15.5 Å². The summed E-state index contributed by atoms with van der Waals surface area (Å²) in [4.78, 5) is 16.0. The predicted molar refractivity (Wildman–Crippen MR) is 67.8 cm³/mol. The fourth-order valence-electron chi connectivity index (χ4n) is 2.46. The van der Waals surface area contributed by atoms with Gasteiger partial charge in [-0.2, -0.15) is 0 Å². The number of hydrogen-bond donors (Lipinski definition) is 0. The molecule has 1 aromatic heterocycles. The molecule has 0 N–H and O–H groups in total. The smallest absolute Gasteiger partial charge is 0.267 e. The molecule has 3 nitrogen and oxygen atoms in total. The molecule has 1 atom stereocenters. The second-order valence-electron chi connectivity index (χ2n) is 4.89. The van der Waals surface area contributed by atoms with Gasteiger partial charge in [0.25, 0.3) is 5.56 Å². The average molecular weight is 321 g/mol. The molecule has 0 aliphatic heterocycles. The Hall–Kier alpha value is -0.780. The minimum Gasteiger partial charge on any atom is -0.296 e. The van der Waals surface area contributed by atoms with E-state index in [-0.39, 0.29) is 24.3 Å². The van der Waals surface area contributed by atoms with E-state index in [1.165, 1.54) is 10.8 Å². The summed E-state index contributed by atoms with van der Waals surface area (Å²) in [6.45, 7) is 2.04. The van der Waals surface area contributed by atoms with E-state index in [1.807, 2.05) is 0 Å². The van der Waals surface area contributed by atoms with Gasteiger partial charge in [0.2, 0.25) is 5.92 Å². The quantitative estimate of drug-likeness (QED) is 0.839. The van der Waals surface area contributed by atoms with Crippen LogP contribution in [-0.2, 0) is 6.54 Å². The van der Waals surface area contributed by atoms with Crippen molar-refractivity contribution in [1.29, 1.82) is 0 Å². The highest BCUT2D eigenvalue weighted by molar-refractivity contribution is 9.10.